The molecule has 0 aliphatic rings. The van der Waals surface area contributed by atoms with E-state index in [0.29, 0.717) is 45.3 Å². The molecular weight excluding hydrogens is 500 g/mol. The molecule has 198 valence electrons. The molecule has 0 fully saturated rings. The zero-order valence-corrected chi connectivity index (χ0v) is 21.8. The summed E-state index contributed by atoms with van der Waals surface area (Å²) < 4.78 is 19.8. The van der Waals surface area contributed by atoms with Gasteiger partial charge >= 0.3 is 0 Å². The van der Waals surface area contributed by atoms with Crippen molar-refractivity contribution in [2.24, 2.45) is 7.05 Å². The molecule has 5 aromatic rings. The number of benzene rings is 3. The van der Waals surface area contributed by atoms with Gasteiger partial charge in [-0.1, -0.05) is 18.2 Å². The minimum Gasteiger partial charge on any atom is -0.506 e. The summed E-state index contributed by atoms with van der Waals surface area (Å²) in [6.45, 7) is 1.69. The second-order valence-electron chi connectivity index (χ2n) is 8.71. The fourth-order valence-electron chi connectivity index (χ4n) is 4.36. The maximum Gasteiger partial charge on any atom is 0.284 e. The third-order valence-electron chi connectivity index (χ3n) is 6.43. The largest absolute Gasteiger partial charge is 0.506 e. The van der Waals surface area contributed by atoms with Gasteiger partial charge in [-0.05, 0) is 43.3 Å². The maximum absolute atomic E-state index is 13.2. The number of hydrogen-bond acceptors (Lipinski definition) is 7. The van der Waals surface area contributed by atoms with E-state index in [1.165, 1.54) is 16.8 Å². The van der Waals surface area contributed by atoms with Gasteiger partial charge in [-0.3, -0.25) is 19.3 Å². The number of methoxy groups -OCH3 is 2. The Balaban J connectivity index is 1.41. The molecule has 10 heteroatoms. The highest BCUT2D eigenvalue weighted by atomic mass is 16.5. The van der Waals surface area contributed by atoms with Gasteiger partial charge in [-0.25, -0.2) is 4.68 Å². The SMILES string of the molecule is COc1cc2nccc(Oc3ccc(NC(=O)c4c(C)n(C)n(-c5ccccc5)c4=O)c(O)c3)c2cc1OC. The number of anilines is 1. The number of carbonyl (C=O) groups is 1. The van der Waals surface area contributed by atoms with Gasteiger partial charge in [-0.2, -0.15) is 0 Å². The smallest absolute Gasteiger partial charge is 0.284 e. The van der Waals surface area contributed by atoms with Crippen LogP contribution in [0.5, 0.6) is 28.7 Å². The molecule has 39 heavy (non-hydrogen) atoms. The first kappa shape index (κ1) is 25.4. The lowest BCUT2D eigenvalue weighted by atomic mass is 10.1. The molecule has 0 radical (unpaired) electrons. The van der Waals surface area contributed by atoms with E-state index < -0.39 is 11.5 Å². The first-order valence-corrected chi connectivity index (χ1v) is 12.0. The minimum atomic E-state index is -0.632. The van der Waals surface area contributed by atoms with Crippen LogP contribution in [0.4, 0.5) is 5.69 Å². The lowest BCUT2D eigenvalue weighted by molar-refractivity contribution is 0.102. The van der Waals surface area contributed by atoms with Crippen molar-refractivity contribution in [3.05, 3.63) is 94.5 Å². The Bertz CT molecular complexity index is 1760. The molecule has 0 atom stereocenters. The number of carbonyl (C=O) groups excluding carboxylic acids is 1. The summed E-state index contributed by atoms with van der Waals surface area (Å²) >= 11 is 0. The third kappa shape index (κ3) is 4.63. The van der Waals surface area contributed by atoms with Gasteiger partial charge in [-0.15, -0.1) is 0 Å². The Morgan fingerprint density at radius 3 is 2.36 bits per heavy atom. The van der Waals surface area contributed by atoms with Gasteiger partial charge in [0.25, 0.3) is 11.5 Å². The van der Waals surface area contributed by atoms with Crippen molar-refractivity contribution in [3.63, 3.8) is 0 Å². The lowest BCUT2D eigenvalue weighted by Gasteiger charge is -2.13. The summed E-state index contributed by atoms with van der Waals surface area (Å²) in [5.74, 6) is 1.01. The fraction of sp³-hybridized carbons (Fsp3) is 0.138. The van der Waals surface area contributed by atoms with E-state index in [-0.39, 0.29) is 17.0 Å². The van der Waals surface area contributed by atoms with Crippen LogP contribution in [0.1, 0.15) is 16.1 Å². The molecule has 2 aromatic heterocycles. The molecule has 3 aromatic carbocycles. The summed E-state index contributed by atoms with van der Waals surface area (Å²) in [7, 11) is 4.79. The number of ether oxygens (including phenoxy) is 3. The third-order valence-corrected chi connectivity index (χ3v) is 6.43. The van der Waals surface area contributed by atoms with Crippen molar-refractivity contribution in [1.29, 1.82) is 0 Å². The van der Waals surface area contributed by atoms with Crippen LogP contribution in [0, 0.1) is 6.92 Å². The van der Waals surface area contributed by atoms with Crippen molar-refractivity contribution in [2.75, 3.05) is 19.5 Å². The normalized spacial score (nSPS) is 10.9. The predicted octanol–water partition coefficient (Wildman–Crippen LogP) is 4.80. The van der Waals surface area contributed by atoms with E-state index in [0.717, 1.165) is 0 Å². The number of rotatable bonds is 7. The lowest BCUT2D eigenvalue weighted by Crippen LogP contribution is -2.25. The van der Waals surface area contributed by atoms with E-state index in [9.17, 15) is 14.7 Å². The van der Waals surface area contributed by atoms with Gasteiger partial charge in [0.2, 0.25) is 0 Å². The molecule has 0 aliphatic heterocycles. The van der Waals surface area contributed by atoms with Gasteiger partial charge in [0.05, 0.1) is 36.8 Å². The summed E-state index contributed by atoms with van der Waals surface area (Å²) in [5, 5.41) is 14.0. The Morgan fingerprint density at radius 1 is 0.949 bits per heavy atom. The Hall–Kier alpha value is -5.25. The van der Waals surface area contributed by atoms with Crippen molar-refractivity contribution < 1.29 is 24.1 Å². The highest BCUT2D eigenvalue weighted by Gasteiger charge is 2.23. The number of phenolic OH excluding ortho intramolecular Hbond substituents is 1. The number of para-hydroxylation sites is 1. The van der Waals surface area contributed by atoms with Crippen molar-refractivity contribution in [2.45, 2.75) is 6.92 Å². The maximum atomic E-state index is 13.2. The highest BCUT2D eigenvalue weighted by molar-refractivity contribution is 6.05. The standard InChI is InChI=1S/C29H26N4O6/c1-17-27(29(36)33(32(17)2)18-8-6-5-7-9-18)28(35)31-21-11-10-19(14-23(21)34)39-24-12-13-30-22-16-26(38-4)25(37-3)15-20(22)24/h5-16,34H,1-4H3,(H,31,35). The summed E-state index contributed by atoms with van der Waals surface area (Å²) in [5.41, 5.74) is 1.40. The Morgan fingerprint density at radius 2 is 1.67 bits per heavy atom. The second kappa shape index (κ2) is 10.3. The number of aromatic hydroxyl groups is 1. The molecule has 0 unspecified atom stereocenters. The van der Waals surface area contributed by atoms with Crippen LogP contribution in [0.3, 0.4) is 0 Å². The van der Waals surface area contributed by atoms with E-state index in [1.54, 1.807) is 75.5 Å². The zero-order valence-electron chi connectivity index (χ0n) is 21.8. The molecule has 5 rings (SSSR count). The van der Waals surface area contributed by atoms with Gasteiger partial charge in [0.1, 0.15) is 22.8 Å². The second-order valence-corrected chi connectivity index (χ2v) is 8.71. The van der Waals surface area contributed by atoms with E-state index in [1.807, 2.05) is 18.2 Å². The monoisotopic (exact) mass is 526 g/mol. The quantitative estimate of drug-likeness (QED) is 0.293. The number of amides is 1. The van der Waals surface area contributed by atoms with Crippen LogP contribution in [0.2, 0.25) is 0 Å². The molecular formula is C29H26N4O6. The minimum absolute atomic E-state index is 0.0197. The van der Waals surface area contributed by atoms with Crippen molar-refractivity contribution in [1.82, 2.24) is 14.3 Å². The first-order valence-electron chi connectivity index (χ1n) is 12.0. The first-order chi connectivity index (χ1) is 18.8. The Kier molecular flexibility index (Phi) is 6.68. The molecule has 0 spiro atoms. The highest BCUT2D eigenvalue weighted by Crippen LogP contribution is 2.38. The van der Waals surface area contributed by atoms with Crippen molar-refractivity contribution >= 4 is 22.5 Å². The number of nitrogens with one attached hydrogen (secondary N) is 1. The molecule has 0 aliphatic carbocycles. The van der Waals surface area contributed by atoms with Crippen LogP contribution in [-0.2, 0) is 7.05 Å². The van der Waals surface area contributed by atoms with Crippen molar-refractivity contribution in [3.8, 4) is 34.4 Å². The molecule has 0 saturated heterocycles. The molecule has 2 heterocycles. The molecule has 10 nitrogen and oxygen atoms in total. The van der Waals surface area contributed by atoms with E-state index >= 15 is 0 Å². The number of pyridine rings is 1. The number of hydrogen-bond donors (Lipinski definition) is 2. The van der Waals surface area contributed by atoms with Crippen LogP contribution < -0.4 is 25.1 Å². The molecule has 1 amide bonds. The topological polar surface area (TPSA) is 117 Å². The predicted molar refractivity (Wildman–Crippen MR) is 147 cm³/mol. The number of phenols is 1. The van der Waals surface area contributed by atoms with Crippen LogP contribution in [0.25, 0.3) is 16.6 Å². The number of nitrogens with zero attached hydrogens (tertiary/aromatic N) is 3. The number of aromatic nitrogens is 3. The van der Waals surface area contributed by atoms with Crippen LogP contribution in [-0.4, -0.2) is 39.6 Å². The zero-order chi connectivity index (χ0) is 27.7. The summed E-state index contributed by atoms with van der Waals surface area (Å²) in [6.07, 6.45) is 1.60. The summed E-state index contributed by atoms with van der Waals surface area (Å²) in [4.78, 5) is 30.6. The van der Waals surface area contributed by atoms with E-state index in [2.05, 4.69) is 10.3 Å². The average Bonchev–Trinajstić information content (AvgIpc) is 3.17. The Labute approximate surface area is 223 Å². The summed E-state index contributed by atoms with van der Waals surface area (Å²) in [6, 6.07) is 18.7. The van der Waals surface area contributed by atoms with E-state index in [4.69, 9.17) is 14.2 Å². The molecule has 0 bridgehead atoms. The average molecular weight is 527 g/mol. The fourth-order valence-corrected chi connectivity index (χ4v) is 4.36. The molecule has 2 N–H and O–H groups in total. The molecule has 0 saturated carbocycles. The van der Waals surface area contributed by atoms with Gasteiger partial charge < -0.3 is 24.6 Å². The van der Waals surface area contributed by atoms with Gasteiger partial charge in [0.15, 0.2) is 11.5 Å². The van der Waals surface area contributed by atoms with Crippen LogP contribution in [0.15, 0.2) is 77.7 Å². The number of fused-ring (bicyclic) bond motifs is 1. The van der Waals surface area contributed by atoms with Gasteiger partial charge in [0, 0.05) is 30.8 Å². The van der Waals surface area contributed by atoms with Crippen LogP contribution >= 0.6 is 0 Å².